The van der Waals surface area contributed by atoms with E-state index in [2.05, 4.69) is 22.6 Å². The summed E-state index contributed by atoms with van der Waals surface area (Å²) >= 11 is 0. The molecule has 5 heteroatoms. The molecule has 2 saturated heterocycles. The van der Waals surface area contributed by atoms with Gasteiger partial charge in [0.05, 0.1) is 5.60 Å². The number of ether oxygens (including phenoxy) is 1. The van der Waals surface area contributed by atoms with Crippen LogP contribution in [0.4, 0.5) is 4.79 Å². The first-order chi connectivity index (χ1) is 11.7. The topological polar surface area (TPSA) is 53.6 Å². The molecule has 1 aliphatic carbocycles. The smallest absolute Gasteiger partial charge is 0.315 e. The van der Waals surface area contributed by atoms with Gasteiger partial charge in [-0.2, -0.15) is 0 Å². The molecule has 2 amide bonds. The third-order valence-electron chi connectivity index (χ3n) is 6.27. The number of nitrogens with zero attached hydrogens (tertiary/aromatic N) is 1. The summed E-state index contributed by atoms with van der Waals surface area (Å²) in [4.78, 5) is 14.6. The van der Waals surface area contributed by atoms with Gasteiger partial charge in [0.25, 0.3) is 0 Å². The van der Waals surface area contributed by atoms with Crippen LogP contribution in [-0.2, 0) is 4.74 Å². The normalized spacial score (nSPS) is 28.6. The predicted octanol–water partition coefficient (Wildman–Crippen LogP) is 2.90. The van der Waals surface area contributed by atoms with Crippen molar-refractivity contribution in [1.29, 1.82) is 0 Å². The zero-order chi connectivity index (χ0) is 16.8. The molecule has 0 aromatic rings. The van der Waals surface area contributed by atoms with E-state index in [1.807, 2.05) is 0 Å². The van der Waals surface area contributed by atoms with Crippen molar-refractivity contribution in [2.45, 2.75) is 75.9 Å². The third kappa shape index (κ3) is 5.09. The first kappa shape index (κ1) is 18.0. The molecule has 24 heavy (non-hydrogen) atoms. The van der Waals surface area contributed by atoms with E-state index in [9.17, 15) is 4.79 Å². The van der Waals surface area contributed by atoms with Crippen molar-refractivity contribution < 1.29 is 9.53 Å². The van der Waals surface area contributed by atoms with Crippen molar-refractivity contribution in [3.63, 3.8) is 0 Å². The van der Waals surface area contributed by atoms with Crippen LogP contribution in [0.3, 0.4) is 0 Å². The second kappa shape index (κ2) is 8.52. The van der Waals surface area contributed by atoms with Gasteiger partial charge in [-0.3, -0.25) is 0 Å². The molecule has 1 saturated carbocycles. The Bertz CT molecular complexity index is 396. The molecule has 3 aliphatic rings. The van der Waals surface area contributed by atoms with E-state index < -0.39 is 0 Å². The maximum absolute atomic E-state index is 12.2. The van der Waals surface area contributed by atoms with Crippen molar-refractivity contribution in [3.05, 3.63) is 0 Å². The van der Waals surface area contributed by atoms with Gasteiger partial charge in [0.1, 0.15) is 0 Å². The second-order valence-corrected chi connectivity index (χ2v) is 8.22. The van der Waals surface area contributed by atoms with Crippen LogP contribution in [-0.4, -0.2) is 55.9 Å². The van der Waals surface area contributed by atoms with Gasteiger partial charge >= 0.3 is 6.03 Å². The number of rotatable bonds is 4. The molecule has 138 valence electrons. The van der Waals surface area contributed by atoms with E-state index in [0.29, 0.717) is 0 Å². The van der Waals surface area contributed by atoms with Crippen LogP contribution < -0.4 is 10.6 Å². The molecule has 0 radical (unpaired) electrons. The highest BCUT2D eigenvalue weighted by Crippen LogP contribution is 2.38. The number of carbonyl (C=O) groups excluding carboxylic acids is 1. The average Bonchev–Trinajstić information content (AvgIpc) is 2.57. The molecule has 2 N–H and O–H groups in total. The number of hydrogen-bond acceptors (Lipinski definition) is 3. The van der Waals surface area contributed by atoms with Crippen LogP contribution in [0.25, 0.3) is 0 Å². The monoisotopic (exact) mass is 337 g/mol. The van der Waals surface area contributed by atoms with Gasteiger partial charge in [-0.05, 0) is 71.0 Å². The molecule has 3 fully saturated rings. The number of carbonyl (C=O) groups is 1. The fourth-order valence-corrected chi connectivity index (χ4v) is 4.67. The molecule has 0 aromatic heterocycles. The van der Waals surface area contributed by atoms with Crippen molar-refractivity contribution in [2.75, 3.05) is 33.3 Å². The number of hydrogen-bond donors (Lipinski definition) is 2. The Morgan fingerprint density at radius 1 is 1.17 bits per heavy atom. The summed E-state index contributed by atoms with van der Waals surface area (Å²) in [5.74, 6) is 0.773. The van der Waals surface area contributed by atoms with Gasteiger partial charge in [0.2, 0.25) is 0 Å². The number of urea groups is 1. The second-order valence-electron chi connectivity index (χ2n) is 8.22. The SMILES string of the molecule is CN1CCC(CCNC(=O)N[C@H]2CCOC3(CCCCC3)C2)CC1. The Balaban J connectivity index is 1.34. The van der Waals surface area contributed by atoms with Crippen molar-refractivity contribution in [2.24, 2.45) is 5.92 Å². The minimum Gasteiger partial charge on any atom is -0.375 e. The molecule has 0 bridgehead atoms. The predicted molar refractivity (Wildman–Crippen MR) is 96.2 cm³/mol. The van der Waals surface area contributed by atoms with Crippen LogP contribution in [0, 0.1) is 5.92 Å². The molecule has 5 nitrogen and oxygen atoms in total. The Morgan fingerprint density at radius 2 is 1.92 bits per heavy atom. The van der Waals surface area contributed by atoms with Crippen LogP contribution >= 0.6 is 0 Å². The maximum Gasteiger partial charge on any atom is 0.315 e. The molecular formula is C19H35N3O2. The lowest BCUT2D eigenvalue weighted by Crippen LogP contribution is -2.51. The van der Waals surface area contributed by atoms with E-state index in [1.165, 1.54) is 58.0 Å². The quantitative estimate of drug-likeness (QED) is 0.829. The summed E-state index contributed by atoms with van der Waals surface area (Å²) in [6, 6.07) is 0.293. The fraction of sp³-hybridized carbons (Fsp3) is 0.947. The van der Waals surface area contributed by atoms with Crippen molar-refractivity contribution in [3.8, 4) is 0 Å². The number of likely N-dealkylation sites (tertiary alicyclic amines) is 1. The standard InChI is InChI=1S/C19H35N3O2/c1-22-12-6-16(7-13-22)5-11-20-18(23)21-17-8-14-24-19(15-17)9-3-2-4-10-19/h16-17H,2-15H2,1H3,(H2,20,21,23)/t17-/m0/s1. The first-order valence-electron chi connectivity index (χ1n) is 10.0. The third-order valence-corrected chi connectivity index (χ3v) is 6.27. The highest BCUT2D eigenvalue weighted by atomic mass is 16.5. The van der Waals surface area contributed by atoms with E-state index in [1.54, 1.807) is 0 Å². The molecule has 2 heterocycles. The van der Waals surface area contributed by atoms with Gasteiger partial charge in [-0.15, -0.1) is 0 Å². The van der Waals surface area contributed by atoms with E-state index >= 15 is 0 Å². The highest BCUT2D eigenvalue weighted by Gasteiger charge is 2.38. The molecule has 1 atom stereocenters. The zero-order valence-electron chi connectivity index (χ0n) is 15.3. The summed E-state index contributed by atoms with van der Waals surface area (Å²) < 4.78 is 6.11. The molecule has 2 aliphatic heterocycles. The van der Waals surface area contributed by atoms with E-state index in [0.717, 1.165) is 38.3 Å². The number of nitrogens with one attached hydrogen (secondary N) is 2. The van der Waals surface area contributed by atoms with Gasteiger partial charge in [-0.25, -0.2) is 4.79 Å². The van der Waals surface area contributed by atoms with E-state index in [-0.39, 0.29) is 17.7 Å². The maximum atomic E-state index is 12.2. The Kier molecular flexibility index (Phi) is 6.39. The molecular weight excluding hydrogens is 302 g/mol. The summed E-state index contributed by atoms with van der Waals surface area (Å²) in [6.07, 6.45) is 11.8. The van der Waals surface area contributed by atoms with Crippen molar-refractivity contribution in [1.82, 2.24) is 15.5 Å². The Hall–Kier alpha value is -0.810. The van der Waals surface area contributed by atoms with Crippen LogP contribution in [0.2, 0.25) is 0 Å². The van der Waals surface area contributed by atoms with Gasteiger partial charge in [0, 0.05) is 19.2 Å². The Morgan fingerprint density at radius 3 is 2.67 bits per heavy atom. The van der Waals surface area contributed by atoms with Gasteiger partial charge in [0.15, 0.2) is 0 Å². The minimum absolute atomic E-state index is 0.0146. The molecule has 1 spiro atoms. The first-order valence-corrected chi connectivity index (χ1v) is 10.0. The van der Waals surface area contributed by atoms with Gasteiger partial charge < -0.3 is 20.3 Å². The Labute approximate surface area is 146 Å². The minimum atomic E-state index is 0.0146. The lowest BCUT2D eigenvalue weighted by atomic mass is 9.78. The molecule has 0 unspecified atom stereocenters. The summed E-state index contributed by atoms with van der Waals surface area (Å²) in [6.45, 7) is 3.98. The summed E-state index contributed by atoms with van der Waals surface area (Å²) in [7, 11) is 2.19. The molecule has 3 rings (SSSR count). The largest absolute Gasteiger partial charge is 0.375 e. The summed E-state index contributed by atoms with van der Waals surface area (Å²) in [5.41, 5.74) is 0.0581. The lowest BCUT2D eigenvalue weighted by molar-refractivity contribution is -0.107. The average molecular weight is 338 g/mol. The molecule has 0 aromatic carbocycles. The fourth-order valence-electron chi connectivity index (χ4n) is 4.67. The van der Waals surface area contributed by atoms with Gasteiger partial charge in [-0.1, -0.05) is 19.3 Å². The van der Waals surface area contributed by atoms with Crippen LogP contribution in [0.5, 0.6) is 0 Å². The van der Waals surface area contributed by atoms with Crippen LogP contribution in [0.15, 0.2) is 0 Å². The van der Waals surface area contributed by atoms with Crippen LogP contribution in [0.1, 0.15) is 64.2 Å². The number of piperidine rings is 1. The number of amides is 2. The highest BCUT2D eigenvalue weighted by molar-refractivity contribution is 5.74. The summed E-state index contributed by atoms with van der Waals surface area (Å²) in [5, 5.41) is 6.27. The lowest BCUT2D eigenvalue weighted by Gasteiger charge is -2.43. The van der Waals surface area contributed by atoms with Crippen molar-refractivity contribution >= 4 is 6.03 Å². The zero-order valence-corrected chi connectivity index (χ0v) is 15.3. The van der Waals surface area contributed by atoms with E-state index in [4.69, 9.17) is 4.74 Å².